The fraction of sp³-hybridized carbons (Fsp3) is 0.500. The number of amides is 1. The molecule has 92 valence electrons. The lowest BCUT2D eigenvalue weighted by Crippen LogP contribution is -2.46. The van der Waals surface area contributed by atoms with Gasteiger partial charge in [0.25, 0.3) is 0 Å². The van der Waals surface area contributed by atoms with Crippen LogP contribution in [0.3, 0.4) is 0 Å². The van der Waals surface area contributed by atoms with Crippen molar-refractivity contribution >= 4 is 12.1 Å². The predicted octanol–water partition coefficient (Wildman–Crippen LogP) is 1.84. The van der Waals surface area contributed by atoms with E-state index in [1.807, 2.05) is 4.90 Å². The second kappa shape index (κ2) is 5.21. The molecule has 0 radical (unpaired) electrons. The van der Waals surface area contributed by atoms with Crippen LogP contribution in [0.2, 0.25) is 0 Å². The topological polar surface area (TPSA) is 23.6 Å². The van der Waals surface area contributed by atoms with Crippen molar-refractivity contribution in [2.45, 2.75) is 20.3 Å². The van der Waals surface area contributed by atoms with Gasteiger partial charge in [-0.2, -0.15) is 0 Å². The van der Waals surface area contributed by atoms with E-state index < -0.39 is 0 Å². The van der Waals surface area contributed by atoms with Crippen molar-refractivity contribution in [1.29, 1.82) is 0 Å². The van der Waals surface area contributed by atoms with Gasteiger partial charge >= 0.3 is 0 Å². The van der Waals surface area contributed by atoms with Crippen molar-refractivity contribution < 1.29 is 4.79 Å². The summed E-state index contributed by atoms with van der Waals surface area (Å²) in [5.41, 5.74) is 4.06. The quantitative estimate of drug-likeness (QED) is 0.742. The molecule has 1 aliphatic rings. The molecule has 3 heteroatoms. The highest BCUT2D eigenvalue weighted by molar-refractivity contribution is 5.56. The molecule has 1 aliphatic heterocycles. The molecule has 0 bridgehead atoms. The van der Waals surface area contributed by atoms with E-state index in [1.165, 1.54) is 16.8 Å². The number of piperazine rings is 1. The Bertz CT molecular complexity index is 395. The molecular formula is C14H20N2O. The van der Waals surface area contributed by atoms with E-state index in [4.69, 9.17) is 0 Å². The highest BCUT2D eigenvalue weighted by Crippen LogP contribution is 2.23. The average Bonchev–Trinajstić information content (AvgIpc) is 2.39. The van der Waals surface area contributed by atoms with Crippen molar-refractivity contribution in [2.24, 2.45) is 0 Å². The van der Waals surface area contributed by atoms with Crippen LogP contribution in [-0.2, 0) is 11.2 Å². The standard InChI is InChI=1S/C14H20N2O/c1-3-13-10-12(2)4-5-14(13)16-8-6-15(11-17)7-9-16/h4-5,10-11H,3,6-9H2,1-2H3. The van der Waals surface area contributed by atoms with Crippen molar-refractivity contribution in [1.82, 2.24) is 4.90 Å². The summed E-state index contributed by atoms with van der Waals surface area (Å²) in [5.74, 6) is 0. The molecule has 17 heavy (non-hydrogen) atoms. The highest BCUT2D eigenvalue weighted by Gasteiger charge is 2.17. The molecule has 1 saturated heterocycles. The number of anilines is 1. The van der Waals surface area contributed by atoms with E-state index in [2.05, 4.69) is 36.9 Å². The molecule has 0 aromatic heterocycles. The molecule has 1 amide bonds. The molecule has 1 aromatic rings. The van der Waals surface area contributed by atoms with E-state index in [1.54, 1.807) is 0 Å². The number of hydrogen-bond donors (Lipinski definition) is 0. The summed E-state index contributed by atoms with van der Waals surface area (Å²) in [5, 5.41) is 0. The molecule has 1 heterocycles. The molecule has 0 saturated carbocycles. The van der Waals surface area contributed by atoms with Crippen LogP contribution in [0, 0.1) is 6.92 Å². The molecule has 0 unspecified atom stereocenters. The third kappa shape index (κ3) is 2.60. The van der Waals surface area contributed by atoms with Gasteiger partial charge in [0.2, 0.25) is 6.41 Å². The maximum Gasteiger partial charge on any atom is 0.209 e. The summed E-state index contributed by atoms with van der Waals surface area (Å²) in [6.45, 7) is 7.87. The summed E-state index contributed by atoms with van der Waals surface area (Å²) in [7, 11) is 0. The number of aryl methyl sites for hydroxylation is 2. The fourth-order valence-corrected chi connectivity index (χ4v) is 2.37. The summed E-state index contributed by atoms with van der Waals surface area (Å²) in [4.78, 5) is 14.9. The number of benzene rings is 1. The lowest BCUT2D eigenvalue weighted by atomic mass is 10.1. The van der Waals surface area contributed by atoms with Gasteiger partial charge in [0.1, 0.15) is 0 Å². The Morgan fingerprint density at radius 2 is 1.94 bits per heavy atom. The number of nitrogens with zero attached hydrogens (tertiary/aromatic N) is 2. The Kier molecular flexibility index (Phi) is 3.67. The molecule has 0 atom stereocenters. The Balaban J connectivity index is 2.15. The number of carbonyl (C=O) groups excluding carboxylic acids is 1. The first-order valence-electron chi connectivity index (χ1n) is 6.28. The Labute approximate surface area is 103 Å². The average molecular weight is 232 g/mol. The zero-order valence-electron chi connectivity index (χ0n) is 10.6. The summed E-state index contributed by atoms with van der Waals surface area (Å²) < 4.78 is 0. The van der Waals surface area contributed by atoms with Gasteiger partial charge in [-0.1, -0.05) is 24.6 Å². The predicted molar refractivity (Wildman–Crippen MR) is 70.4 cm³/mol. The molecule has 3 nitrogen and oxygen atoms in total. The maximum atomic E-state index is 10.7. The Morgan fingerprint density at radius 1 is 1.24 bits per heavy atom. The summed E-state index contributed by atoms with van der Waals surface area (Å²) in [6.07, 6.45) is 2.01. The Morgan fingerprint density at radius 3 is 2.53 bits per heavy atom. The molecular weight excluding hydrogens is 212 g/mol. The number of carbonyl (C=O) groups is 1. The van der Waals surface area contributed by atoms with Gasteiger partial charge in [0, 0.05) is 31.9 Å². The first kappa shape index (κ1) is 12.0. The van der Waals surface area contributed by atoms with E-state index in [0.29, 0.717) is 0 Å². The largest absolute Gasteiger partial charge is 0.368 e. The third-order valence-electron chi connectivity index (χ3n) is 3.42. The highest BCUT2D eigenvalue weighted by atomic mass is 16.1. The smallest absolute Gasteiger partial charge is 0.209 e. The molecule has 1 fully saturated rings. The zero-order chi connectivity index (χ0) is 12.3. The SMILES string of the molecule is CCc1cc(C)ccc1N1CCN(C=O)CC1. The van der Waals surface area contributed by atoms with Gasteiger partial charge in [-0.3, -0.25) is 4.79 Å². The van der Waals surface area contributed by atoms with Crippen LogP contribution in [0.4, 0.5) is 5.69 Å². The molecule has 0 aliphatic carbocycles. The van der Waals surface area contributed by atoms with Crippen LogP contribution in [0.1, 0.15) is 18.1 Å². The minimum absolute atomic E-state index is 0.834. The van der Waals surface area contributed by atoms with E-state index in [0.717, 1.165) is 39.0 Å². The summed E-state index contributed by atoms with van der Waals surface area (Å²) in [6, 6.07) is 6.65. The van der Waals surface area contributed by atoms with Crippen LogP contribution in [0.5, 0.6) is 0 Å². The van der Waals surface area contributed by atoms with Gasteiger partial charge < -0.3 is 9.80 Å². The second-order valence-corrected chi connectivity index (χ2v) is 4.61. The maximum absolute atomic E-state index is 10.7. The van der Waals surface area contributed by atoms with Crippen LogP contribution in [-0.4, -0.2) is 37.5 Å². The van der Waals surface area contributed by atoms with Gasteiger partial charge in [-0.15, -0.1) is 0 Å². The van der Waals surface area contributed by atoms with Crippen LogP contribution in [0.15, 0.2) is 18.2 Å². The third-order valence-corrected chi connectivity index (χ3v) is 3.42. The minimum Gasteiger partial charge on any atom is -0.368 e. The van der Waals surface area contributed by atoms with Crippen LogP contribution < -0.4 is 4.90 Å². The molecule has 1 aromatic carbocycles. The van der Waals surface area contributed by atoms with Crippen molar-refractivity contribution in [2.75, 3.05) is 31.1 Å². The first-order valence-corrected chi connectivity index (χ1v) is 6.28. The molecule has 0 spiro atoms. The van der Waals surface area contributed by atoms with Gasteiger partial charge in [0.15, 0.2) is 0 Å². The monoisotopic (exact) mass is 232 g/mol. The van der Waals surface area contributed by atoms with Gasteiger partial charge in [-0.25, -0.2) is 0 Å². The zero-order valence-corrected chi connectivity index (χ0v) is 10.6. The van der Waals surface area contributed by atoms with Crippen molar-refractivity contribution in [3.63, 3.8) is 0 Å². The van der Waals surface area contributed by atoms with Crippen LogP contribution in [0.25, 0.3) is 0 Å². The molecule has 2 rings (SSSR count). The lowest BCUT2D eigenvalue weighted by Gasteiger charge is -2.35. The van der Waals surface area contributed by atoms with Gasteiger partial charge in [-0.05, 0) is 25.0 Å². The normalized spacial score (nSPS) is 16.1. The Hall–Kier alpha value is -1.51. The summed E-state index contributed by atoms with van der Waals surface area (Å²) >= 11 is 0. The van der Waals surface area contributed by atoms with E-state index in [-0.39, 0.29) is 0 Å². The van der Waals surface area contributed by atoms with Crippen molar-refractivity contribution in [3.8, 4) is 0 Å². The molecule has 0 N–H and O–H groups in total. The fourth-order valence-electron chi connectivity index (χ4n) is 2.37. The first-order chi connectivity index (χ1) is 8.24. The number of hydrogen-bond acceptors (Lipinski definition) is 2. The number of rotatable bonds is 3. The minimum atomic E-state index is 0.834. The van der Waals surface area contributed by atoms with E-state index >= 15 is 0 Å². The van der Waals surface area contributed by atoms with Crippen molar-refractivity contribution in [3.05, 3.63) is 29.3 Å². The van der Waals surface area contributed by atoms with Gasteiger partial charge in [0.05, 0.1) is 0 Å². The second-order valence-electron chi connectivity index (χ2n) is 4.61. The lowest BCUT2D eigenvalue weighted by molar-refractivity contribution is -0.118. The van der Waals surface area contributed by atoms with Crippen LogP contribution >= 0.6 is 0 Å². The van der Waals surface area contributed by atoms with E-state index in [9.17, 15) is 4.79 Å².